The minimum absolute atomic E-state index is 0.110. The van der Waals surface area contributed by atoms with Crippen LogP contribution in [0.15, 0.2) is 0 Å². The maximum Gasteiger partial charge on any atom is 0.224 e. The van der Waals surface area contributed by atoms with Crippen LogP contribution < -0.4 is 10.6 Å². The van der Waals surface area contributed by atoms with E-state index in [1.54, 1.807) is 0 Å². The number of terminal acetylenes is 1. The zero-order valence-electron chi connectivity index (χ0n) is 16.1. The van der Waals surface area contributed by atoms with Gasteiger partial charge in [0.25, 0.3) is 0 Å². The van der Waals surface area contributed by atoms with Gasteiger partial charge in [0, 0.05) is 18.4 Å². The van der Waals surface area contributed by atoms with Gasteiger partial charge in [-0.1, -0.05) is 19.8 Å². The van der Waals surface area contributed by atoms with Crippen molar-refractivity contribution in [1.29, 1.82) is 0 Å². The van der Waals surface area contributed by atoms with Gasteiger partial charge in [-0.05, 0) is 73.5 Å². The summed E-state index contributed by atoms with van der Waals surface area (Å²) < 4.78 is 0. The van der Waals surface area contributed by atoms with Crippen molar-refractivity contribution in [2.24, 2.45) is 34.5 Å². The van der Waals surface area contributed by atoms with Gasteiger partial charge in [0.15, 0.2) is 0 Å². The minimum atomic E-state index is 0.110. The molecule has 4 rings (SSSR count). The highest BCUT2D eigenvalue weighted by molar-refractivity contribution is 5.80. The Morgan fingerprint density at radius 1 is 1.15 bits per heavy atom. The highest BCUT2D eigenvalue weighted by Gasteiger charge is 2.61. The van der Waals surface area contributed by atoms with Crippen LogP contribution in [0.25, 0.3) is 0 Å². The quantitative estimate of drug-likeness (QED) is 0.748. The molecule has 2 amide bonds. The first-order valence-corrected chi connectivity index (χ1v) is 10.4. The maximum absolute atomic E-state index is 12.7. The summed E-state index contributed by atoms with van der Waals surface area (Å²) in [4.78, 5) is 24.6. The van der Waals surface area contributed by atoms with Crippen LogP contribution >= 0.6 is 0 Å². The Hall–Kier alpha value is -1.50. The molecule has 4 aliphatic rings. The van der Waals surface area contributed by atoms with Crippen molar-refractivity contribution in [3.8, 4) is 12.3 Å². The smallest absolute Gasteiger partial charge is 0.224 e. The summed E-state index contributed by atoms with van der Waals surface area (Å²) in [6.07, 6.45) is 13.8. The highest BCUT2D eigenvalue weighted by atomic mass is 16.2. The standard InChI is InChI=1S/C22H32N2O2/c1-4-13-23-20(26)17-7-6-15-14-5-8-18-22(3,12-10-19(25)24-18)16(14)9-11-21(15,17)2/h1,14-18H,5-13H2,2-3H3,(H,23,26)(H,24,25)/t14-,15-,16-,17+,18+,21-,22+/m0/s1. The summed E-state index contributed by atoms with van der Waals surface area (Å²) in [6.45, 7) is 5.11. The van der Waals surface area contributed by atoms with Gasteiger partial charge in [-0.2, -0.15) is 0 Å². The lowest BCUT2D eigenvalue weighted by Crippen LogP contribution is -2.61. The van der Waals surface area contributed by atoms with Crippen molar-refractivity contribution in [3.05, 3.63) is 0 Å². The molecule has 1 saturated heterocycles. The van der Waals surface area contributed by atoms with Crippen LogP contribution in [0.1, 0.15) is 65.2 Å². The Morgan fingerprint density at radius 3 is 2.69 bits per heavy atom. The molecule has 0 aromatic carbocycles. The van der Waals surface area contributed by atoms with E-state index in [1.807, 2.05) is 0 Å². The SMILES string of the molecule is C#CCNC(=O)[C@H]1CC[C@H]2[C@@H]3CC[C@H]4NC(=O)CC[C@]4(C)[C@H]3CC[C@]12C. The van der Waals surface area contributed by atoms with E-state index in [9.17, 15) is 9.59 Å². The monoisotopic (exact) mass is 356 g/mol. The average Bonchev–Trinajstić information content (AvgIpc) is 2.97. The zero-order chi connectivity index (χ0) is 18.5. The van der Waals surface area contributed by atoms with Gasteiger partial charge >= 0.3 is 0 Å². The van der Waals surface area contributed by atoms with Crippen molar-refractivity contribution in [2.75, 3.05) is 6.54 Å². The Bertz CT molecular complexity index is 653. The lowest BCUT2D eigenvalue weighted by atomic mass is 9.47. The van der Waals surface area contributed by atoms with Crippen molar-refractivity contribution < 1.29 is 9.59 Å². The van der Waals surface area contributed by atoms with Crippen molar-refractivity contribution in [2.45, 2.75) is 71.3 Å². The third kappa shape index (κ3) is 2.50. The topological polar surface area (TPSA) is 58.2 Å². The molecule has 0 spiro atoms. The summed E-state index contributed by atoms with van der Waals surface area (Å²) in [7, 11) is 0. The molecule has 4 heteroatoms. The zero-order valence-corrected chi connectivity index (χ0v) is 16.1. The molecule has 3 saturated carbocycles. The molecule has 2 N–H and O–H groups in total. The molecule has 3 aliphatic carbocycles. The van der Waals surface area contributed by atoms with E-state index in [0.717, 1.165) is 25.7 Å². The van der Waals surface area contributed by atoms with Gasteiger partial charge in [-0.25, -0.2) is 0 Å². The Balaban J connectivity index is 1.55. The van der Waals surface area contributed by atoms with Gasteiger partial charge < -0.3 is 10.6 Å². The molecule has 0 aromatic heterocycles. The van der Waals surface area contributed by atoms with E-state index in [0.29, 0.717) is 36.8 Å². The second kappa shape index (κ2) is 6.29. The van der Waals surface area contributed by atoms with Gasteiger partial charge in [-0.15, -0.1) is 6.42 Å². The van der Waals surface area contributed by atoms with Crippen LogP contribution in [-0.4, -0.2) is 24.4 Å². The molecule has 4 nitrogen and oxygen atoms in total. The largest absolute Gasteiger partial charge is 0.353 e. The molecule has 0 unspecified atom stereocenters. The lowest BCUT2D eigenvalue weighted by Gasteiger charge is -2.60. The molecule has 142 valence electrons. The molecule has 0 aromatic rings. The number of carbonyl (C=O) groups is 2. The molecule has 4 fully saturated rings. The number of piperidine rings is 1. The normalized spacial score (nSPS) is 47.0. The first-order valence-electron chi connectivity index (χ1n) is 10.4. The number of fused-ring (bicyclic) bond motifs is 5. The van der Waals surface area contributed by atoms with E-state index in [1.165, 1.54) is 19.3 Å². The minimum Gasteiger partial charge on any atom is -0.353 e. The van der Waals surface area contributed by atoms with Crippen molar-refractivity contribution >= 4 is 11.8 Å². The second-order valence-electron chi connectivity index (χ2n) is 9.68. The Labute approximate surface area is 157 Å². The lowest BCUT2D eigenvalue weighted by molar-refractivity contribution is -0.141. The third-order valence-electron chi connectivity index (χ3n) is 8.78. The third-order valence-corrected chi connectivity index (χ3v) is 8.78. The predicted octanol–water partition coefficient (Wildman–Crippen LogP) is 2.87. The number of nitrogens with one attached hydrogen (secondary N) is 2. The van der Waals surface area contributed by atoms with Gasteiger partial charge in [0.05, 0.1) is 6.54 Å². The van der Waals surface area contributed by atoms with E-state index < -0.39 is 0 Å². The van der Waals surface area contributed by atoms with E-state index >= 15 is 0 Å². The average molecular weight is 357 g/mol. The summed E-state index contributed by atoms with van der Waals surface area (Å²) in [6, 6.07) is 0.352. The molecule has 1 heterocycles. The van der Waals surface area contributed by atoms with Gasteiger partial charge in [-0.3, -0.25) is 9.59 Å². The van der Waals surface area contributed by atoms with Crippen LogP contribution in [0.5, 0.6) is 0 Å². The van der Waals surface area contributed by atoms with Crippen LogP contribution in [0.2, 0.25) is 0 Å². The fraction of sp³-hybridized carbons (Fsp3) is 0.818. The van der Waals surface area contributed by atoms with Crippen molar-refractivity contribution in [1.82, 2.24) is 10.6 Å². The fourth-order valence-electron chi connectivity index (χ4n) is 7.39. The highest BCUT2D eigenvalue weighted by Crippen LogP contribution is 2.65. The first kappa shape index (κ1) is 17.9. The number of rotatable bonds is 2. The van der Waals surface area contributed by atoms with Crippen molar-refractivity contribution in [3.63, 3.8) is 0 Å². The Kier molecular flexibility index (Phi) is 4.33. The van der Waals surface area contributed by atoms with Crippen LogP contribution in [0.4, 0.5) is 0 Å². The van der Waals surface area contributed by atoms with Crippen LogP contribution in [0, 0.1) is 46.8 Å². The summed E-state index contributed by atoms with van der Waals surface area (Å²) in [5, 5.41) is 6.23. The van der Waals surface area contributed by atoms with Gasteiger partial charge in [0.2, 0.25) is 11.8 Å². The van der Waals surface area contributed by atoms with E-state index in [-0.39, 0.29) is 28.6 Å². The summed E-state index contributed by atoms with van der Waals surface area (Å²) in [5.41, 5.74) is 0.350. The molecule has 26 heavy (non-hydrogen) atoms. The number of carbonyl (C=O) groups excluding carboxylic acids is 2. The van der Waals surface area contributed by atoms with Gasteiger partial charge in [0.1, 0.15) is 0 Å². The first-order chi connectivity index (χ1) is 12.4. The van der Waals surface area contributed by atoms with E-state index in [4.69, 9.17) is 6.42 Å². The number of amides is 2. The molecule has 1 aliphatic heterocycles. The molecule has 0 bridgehead atoms. The summed E-state index contributed by atoms with van der Waals surface area (Å²) >= 11 is 0. The fourth-order valence-corrected chi connectivity index (χ4v) is 7.39. The Morgan fingerprint density at radius 2 is 1.92 bits per heavy atom. The predicted molar refractivity (Wildman–Crippen MR) is 101 cm³/mol. The molecule has 0 radical (unpaired) electrons. The summed E-state index contributed by atoms with van der Waals surface area (Å²) in [5.74, 6) is 5.06. The molecule has 7 atom stereocenters. The molecular formula is C22H32N2O2. The van der Waals surface area contributed by atoms with Crippen LogP contribution in [-0.2, 0) is 9.59 Å². The molecular weight excluding hydrogens is 324 g/mol. The number of hydrogen-bond donors (Lipinski definition) is 2. The second-order valence-corrected chi connectivity index (χ2v) is 9.68. The number of hydrogen-bond acceptors (Lipinski definition) is 2. The maximum atomic E-state index is 12.7. The van der Waals surface area contributed by atoms with Crippen LogP contribution in [0.3, 0.4) is 0 Å². The van der Waals surface area contributed by atoms with E-state index in [2.05, 4.69) is 30.4 Å².